The fraction of sp³-hybridized carbons (Fsp3) is 0.250. The highest BCUT2D eigenvalue weighted by Gasteiger charge is 2.11. The Morgan fingerprint density at radius 3 is 2.80 bits per heavy atom. The van der Waals surface area contributed by atoms with Gasteiger partial charge in [-0.25, -0.2) is 0 Å². The summed E-state index contributed by atoms with van der Waals surface area (Å²) >= 11 is 3.46. The molecule has 0 aliphatic rings. The number of nitrogens with zero attached hydrogens (tertiary/aromatic N) is 1. The van der Waals surface area contributed by atoms with Crippen LogP contribution in [0.25, 0.3) is 10.9 Å². The zero-order chi connectivity index (χ0) is 17.6. The van der Waals surface area contributed by atoms with Crippen LogP contribution < -0.4 is 5.32 Å². The second kappa shape index (κ2) is 8.32. The molecular formula is C20H22BrN3O. The average molecular weight is 400 g/mol. The first kappa shape index (κ1) is 17.7. The molecular weight excluding hydrogens is 378 g/mol. The number of aromatic amines is 1. The minimum atomic E-state index is -0.0323. The molecule has 3 aromatic rings. The molecule has 0 saturated heterocycles. The summed E-state index contributed by atoms with van der Waals surface area (Å²) in [7, 11) is 2.10. The van der Waals surface area contributed by atoms with E-state index in [0.717, 1.165) is 34.9 Å². The lowest BCUT2D eigenvalue weighted by Gasteiger charge is -2.16. The number of carbonyl (C=O) groups excluding carboxylic acids is 1. The predicted molar refractivity (Wildman–Crippen MR) is 106 cm³/mol. The van der Waals surface area contributed by atoms with Crippen LogP contribution in [0.3, 0.4) is 0 Å². The maximum Gasteiger partial charge on any atom is 0.253 e. The van der Waals surface area contributed by atoms with Crippen LogP contribution in [0, 0.1) is 0 Å². The van der Waals surface area contributed by atoms with E-state index in [9.17, 15) is 4.79 Å². The molecule has 0 aliphatic heterocycles. The van der Waals surface area contributed by atoms with Crippen molar-refractivity contribution >= 4 is 32.7 Å². The zero-order valence-electron chi connectivity index (χ0n) is 14.3. The van der Waals surface area contributed by atoms with Gasteiger partial charge < -0.3 is 15.2 Å². The molecule has 0 saturated carbocycles. The molecule has 0 fully saturated rings. The van der Waals surface area contributed by atoms with Crippen LogP contribution in [0.2, 0.25) is 0 Å². The van der Waals surface area contributed by atoms with Crippen molar-refractivity contribution in [3.63, 3.8) is 0 Å². The quantitative estimate of drug-likeness (QED) is 0.585. The topological polar surface area (TPSA) is 48.1 Å². The van der Waals surface area contributed by atoms with Crippen molar-refractivity contribution in [3.05, 3.63) is 70.3 Å². The van der Waals surface area contributed by atoms with E-state index in [4.69, 9.17) is 0 Å². The van der Waals surface area contributed by atoms with Crippen molar-refractivity contribution in [1.29, 1.82) is 0 Å². The van der Waals surface area contributed by atoms with Crippen molar-refractivity contribution < 1.29 is 4.79 Å². The number of hydrogen-bond donors (Lipinski definition) is 2. The summed E-state index contributed by atoms with van der Waals surface area (Å²) in [5.74, 6) is -0.0323. The lowest BCUT2D eigenvalue weighted by molar-refractivity contribution is 0.0953. The smallest absolute Gasteiger partial charge is 0.253 e. The summed E-state index contributed by atoms with van der Waals surface area (Å²) < 4.78 is 0.969. The van der Waals surface area contributed by atoms with Crippen molar-refractivity contribution in [2.75, 3.05) is 20.1 Å². The molecule has 1 amide bonds. The van der Waals surface area contributed by atoms with Gasteiger partial charge in [0.05, 0.1) is 5.56 Å². The van der Waals surface area contributed by atoms with Gasteiger partial charge in [-0.15, -0.1) is 0 Å². The Balaban J connectivity index is 1.47. The van der Waals surface area contributed by atoms with Crippen molar-refractivity contribution in [3.8, 4) is 0 Å². The number of benzene rings is 2. The monoisotopic (exact) mass is 399 g/mol. The maximum atomic E-state index is 12.4. The molecule has 1 aromatic heterocycles. The standard InChI is InChI=1S/C20H22BrN3O/c1-24(14-15-6-3-2-4-7-15)11-5-10-22-20(25)18-13-23-19-9-8-16(21)12-17(18)19/h2-4,6-9,12-13,23H,5,10-11,14H2,1H3,(H,22,25). The van der Waals surface area contributed by atoms with Crippen molar-refractivity contribution in [1.82, 2.24) is 15.2 Å². The van der Waals surface area contributed by atoms with Gasteiger partial charge in [0.2, 0.25) is 0 Å². The summed E-state index contributed by atoms with van der Waals surface area (Å²) in [5.41, 5.74) is 2.96. The van der Waals surface area contributed by atoms with Crippen LogP contribution in [0.4, 0.5) is 0 Å². The molecule has 0 aliphatic carbocycles. The minimum Gasteiger partial charge on any atom is -0.360 e. The highest BCUT2D eigenvalue weighted by Crippen LogP contribution is 2.22. The van der Waals surface area contributed by atoms with Crippen LogP contribution in [0.5, 0.6) is 0 Å². The number of carbonyl (C=O) groups is 1. The van der Waals surface area contributed by atoms with E-state index >= 15 is 0 Å². The van der Waals surface area contributed by atoms with E-state index in [-0.39, 0.29) is 5.91 Å². The first-order valence-corrected chi connectivity index (χ1v) is 9.20. The molecule has 4 nitrogen and oxygen atoms in total. The molecule has 0 bridgehead atoms. The lowest BCUT2D eigenvalue weighted by Crippen LogP contribution is -2.28. The molecule has 0 radical (unpaired) electrons. The van der Waals surface area contributed by atoms with Crippen LogP contribution in [0.1, 0.15) is 22.3 Å². The summed E-state index contributed by atoms with van der Waals surface area (Å²) in [6.07, 6.45) is 2.69. The Labute approximate surface area is 156 Å². The van der Waals surface area contributed by atoms with Gasteiger partial charge in [-0.2, -0.15) is 0 Å². The Morgan fingerprint density at radius 2 is 2.00 bits per heavy atom. The molecule has 2 aromatic carbocycles. The van der Waals surface area contributed by atoms with Gasteiger partial charge in [0, 0.05) is 34.7 Å². The Bertz CT molecular complexity index is 845. The Kier molecular flexibility index (Phi) is 5.89. The number of rotatable bonds is 7. The molecule has 0 atom stereocenters. The summed E-state index contributed by atoms with van der Waals surface area (Å²) in [4.78, 5) is 17.8. The highest BCUT2D eigenvalue weighted by atomic mass is 79.9. The summed E-state index contributed by atoms with van der Waals surface area (Å²) in [6, 6.07) is 16.3. The largest absolute Gasteiger partial charge is 0.360 e. The van der Waals surface area contributed by atoms with E-state index in [1.165, 1.54) is 5.56 Å². The number of aromatic nitrogens is 1. The van der Waals surface area contributed by atoms with Gasteiger partial charge in [-0.3, -0.25) is 4.79 Å². The van der Waals surface area contributed by atoms with E-state index in [0.29, 0.717) is 12.1 Å². The van der Waals surface area contributed by atoms with Crippen molar-refractivity contribution in [2.45, 2.75) is 13.0 Å². The molecule has 0 spiro atoms. The highest BCUT2D eigenvalue weighted by molar-refractivity contribution is 9.10. The van der Waals surface area contributed by atoms with Gasteiger partial charge in [0.25, 0.3) is 5.91 Å². The van der Waals surface area contributed by atoms with Crippen LogP contribution >= 0.6 is 15.9 Å². The number of H-pyrrole nitrogens is 1. The Hall–Kier alpha value is -2.11. The predicted octanol–water partition coefficient (Wildman–Crippen LogP) is 4.18. The number of amides is 1. The summed E-state index contributed by atoms with van der Waals surface area (Å²) in [6.45, 7) is 2.53. The van der Waals surface area contributed by atoms with E-state index < -0.39 is 0 Å². The fourth-order valence-corrected chi connectivity index (χ4v) is 3.26. The second-order valence-corrected chi connectivity index (χ2v) is 7.14. The molecule has 130 valence electrons. The fourth-order valence-electron chi connectivity index (χ4n) is 2.90. The second-order valence-electron chi connectivity index (χ2n) is 6.23. The molecule has 25 heavy (non-hydrogen) atoms. The average Bonchev–Trinajstić information content (AvgIpc) is 3.02. The first-order valence-electron chi connectivity index (χ1n) is 8.41. The zero-order valence-corrected chi connectivity index (χ0v) is 15.8. The summed E-state index contributed by atoms with van der Waals surface area (Å²) in [5, 5.41) is 3.95. The minimum absolute atomic E-state index is 0.0323. The van der Waals surface area contributed by atoms with E-state index in [1.54, 1.807) is 6.20 Å². The number of halogens is 1. The van der Waals surface area contributed by atoms with Crippen LogP contribution in [0.15, 0.2) is 59.2 Å². The molecule has 2 N–H and O–H groups in total. The maximum absolute atomic E-state index is 12.4. The van der Waals surface area contributed by atoms with E-state index in [2.05, 4.69) is 62.4 Å². The van der Waals surface area contributed by atoms with Crippen LogP contribution in [-0.2, 0) is 6.54 Å². The molecule has 5 heteroatoms. The molecule has 3 rings (SSSR count). The normalized spacial score (nSPS) is 11.2. The number of fused-ring (bicyclic) bond motifs is 1. The molecule has 0 unspecified atom stereocenters. The van der Waals surface area contributed by atoms with Gasteiger partial charge in [0.15, 0.2) is 0 Å². The van der Waals surface area contributed by atoms with E-state index in [1.807, 2.05) is 24.3 Å². The van der Waals surface area contributed by atoms with Gasteiger partial charge in [-0.1, -0.05) is 46.3 Å². The van der Waals surface area contributed by atoms with Gasteiger partial charge in [-0.05, 0) is 43.8 Å². The third kappa shape index (κ3) is 4.71. The third-order valence-corrected chi connectivity index (χ3v) is 4.68. The lowest BCUT2D eigenvalue weighted by atomic mass is 10.1. The van der Waals surface area contributed by atoms with Crippen molar-refractivity contribution in [2.24, 2.45) is 0 Å². The number of nitrogens with one attached hydrogen (secondary N) is 2. The number of hydrogen-bond acceptors (Lipinski definition) is 2. The van der Waals surface area contributed by atoms with Gasteiger partial charge in [0.1, 0.15) is 0 Å². The third-order valence-electron chi connectivity index (χ3n) is 4.19. The first-order chi connectivity index (χ1) is 12.1. The Morgan fingerprint density at radius 1 is 1.20 bits per heavy atom. The SMILES string of the molecule is CN(CCCNC(=O)c1c[nH]c2ccc(Br)cc12)Cc1ccccc1. The van der Waals surface area contributed by atoms with Gasteiger partial charge >= 0.3 is 0 Å². The van der Waals surface area contributed by atoms with Crippen LogP contribution in [-0.4, -0.2) is 35.9 Å². The molecule has 1 heterocycles.